The summed E-state index contributed by atoms with van der Waals surface area (Å²) < 4.78 is 12.6. The zero-order valence-corrected chi connectivity index (χ0v) is 20.3. The Kier molecular flexibility index (Phi) is 7.92. The van der Waals surface area contributed by atoms with Gasteiger partial charge in [0.15, 0.2) is 17.1 Å². The van der Waals surface area contributed by atoms with Gasteiger partial charge >= 0.3 is 5.97 Å². The number of aryl methyl sites for hydroxylation is 2. The maximum atomic E-state index is 12.4. The highest BCUT2D eigenvalue weighted by Crippen LogP contribution is 2.29. The molecular formula is C22H26N4O4S2. The first-order valence-corrected chi connectivity index (χ1v) is 11.9. The molecule has 0 saturated heterocycles. The van der Waals surface area contributed by atoms with E-state index in [4.69, 9.17) is 9.47 Å². The number of nitrogens with one attached hydrogen (secondary N) is 1. The minimum absolute atomic E-state index is 0.122. The lowest BCUT2D eigenvalue weighted by Crippen LogP contribution is -2.16. The van der Waals surface area contributed by atoms with Crippen LogP contribution in [0, 0.1) is 6.92 Å². The number of thiophene rings is 1. The number of nitrogens with zero attached hydrogens (tertiary/aromatic N) is 3. The summed E-state index contributed by atoms with van der Waals surface area (Å²) in [4.78, 5) is 25.2. The van der Waals surface area contributed by atoms with Crippen LogP contribution in [0.4, 0.5) is 5.00 Å². The Morgan fingerprint density at radius 3 is 2.62 bits per heavy atom. The molecule has 2 heterocycles. The van der Waals surface area contributed by atoms with Crippen molar-refractivity contribution in [3.63, 3.8) is 0 Å². The lowest BCUT2D eigenvalue weighted by Gasteiger charge is -2.14. The van der Waals surface area contributed by atoms with Crippen molar-refractivity contribution < 1.29 is 19.1 Å². The van der Waals surface area contributed by atoms with Crippen LogP contribution >= 0.6 is 23.1 Å². The number of thioether (sulfide) groups is 1. The highest BCUT2D eigenvalue weighted by molar-refractivity contribution is 7.99. The number of hydrogen-bond acceptors (Lipinski definition) is 8. The normalized spacial score (nSPS) is 11.8. The van der Waals surface area contributed by atoms with Gasteiger partial charge in [0.25, 0.3) is 0 Å². The van der Waals surface area contributed by atoms with Gasteiger partial charge in [-0.2, -0.15) is 0 Å². The van der Waals surface area contributed by atoms with Crippen molar-refractivity contribution >= 4 is 40.0 Å². The number of aromatic nitrogens is 3. The van der Waals surface area contributed by atoms with Crippen molar-refractivity contribution in [2.75, 3.05) is 18.2 Å². The number of carbonyl (C=O) groups is 2. The summed E-state index contributed by atoms with van der Waals surface area (Å²) in [6.45, 7) is 5.88. The first-order valence-electron chi connectivity index (χ1n) is 10.1. The lowest BCUT2D eigenvalue weighted by molar-refractivity contribution is -0.113. The molecule has 0 radical (unpaired) electrons. The van der Waals surface area contributed by atoms with Crippen LogP contribution in [0.25, 0.3) is 0 Å². The number of ether oxygens (including phenoxy) is 2. The first-order chi connectivity index (χ1) is 15.3. The van der Waals surface area contributed by atoms with Crippen molar-refractivity contribution in [1.82, 2.24) is 14.8 Å². The van der Waals surface area contributed by atoms with E-state index in [1.807, 2.05) is 49.7 Å². The third kappa shape index (κ3) is 5.68. The van der Waals surface area contributed by atoms with Gasteiger partial charge in [-0.1, -0.05) is 30.8 Å². The Balaban J connectivity index is 1.59. The zero-order valence-electron chi connectivity index (χ0n) is 18.7. The number of esters is 1. The number of anilines is 1. The van der Waals surface area contributed by atoms with Crippen molar-refractivity contribution in [3.8, 4) is 5.75 Å². The van der Waals surface area contributed by atoms with Gasteiger partial charge in [0.1, 0.15) is 10.8 Å². The number of hydrogen-bond donors (Lipinski definition) is 1. The number of carbonyl (C=O) groups excluding carboxylic acids is 2. The van der Waals surface area contributed by atoms with Gasteiger partial charge in [-0.3, -0.25) is 4.79 Å². The van der Waals surface area contributed by atoms with Crippen LogP contribution in [-0.4, -0.2) is 39.5 Å². The van der Waals surface area contributed by atoms with Gasteiger partial charge in [-0.05, 0) is 44.0 Å². The molecule has 170 valence electrons. The molecule has 8 nitrogen and oxygen atoms in total. The summed E-state index contributed by atoms with van der Waals surface area (Å²) in [5.74, 6) is 0.825. The van der Waals surface area contributed by atoms with E-state index < -0.39 is 5.97 Å². The molecule has 1 atom stereocenters. The van der Waals surface area contributed by atoms with Crippen molar-refractivity contribution in [2.45, 2.75) is 38.5 Å². The fourth-order valence-electron chi connectivity index (χ4n) is 3.03. The van der Waals surface area contributed by atoms with E-state index in [0.29, 0.717) is 21.5 Å². The van der Waals surface area contributed by atoms with Gasteiger partial charge in [-0.25, -0.2) is 4.79 Å². The molecule has 0 bridgehead atoms. The van der Waals surface area contributed by atoms with Crippen LogP contribution in [-0.2, 0) is 23.0 Å². The number of amides is 1. The molecule has 0 spiro atoms. The molecule has 3 rings (SSSR count). The first kappa shape index (κ1) is 23.8. The lowest BCUT2D eigenvalue weighted by atomic mass is 10.2. The van der Waals surface area contributed by atoms with Gasteiger partial charge in [-0.15, -0.1) is 21.5 Å². The Morgan fingerprint density at radius 2 is 1.97 bits per heavy atom. The van der Waals surface area contributed by atoms with Crippen molar-refractivity contribution in [1.29, 1.82) is 0 Å². The smallest absolute Gasteiger partial charge is 0.340 e. The number of methoxy groups -OCH3 is 1. The minimum Gasteiger partial charge on any atom is -0.483 e. The third-order valence-corrected chi connectivity index (χ3v) is 6.71. The molecule has 1 amide bonds. The van der Waals surface area contributed by atoms with Crippen LogP contribution in [0.5, 0.6) is 5.75 Å². The summed E-state index contributed by atoms with van der Waals surface area (Å²) in [5, 5.41) is 12.3. The SMILES string of the molecule is CCc1ccc(OC(C)c2nnc(SCC(=O)Nc3sc(C)cc3C(=O)OC)n2C)cc1. The monoisotopic (exact) mass is 474 g/mol. The van der Waals surface area contributed by atoms with Crippen LogP contribution in [0.1, 0.15) is 46.6 Å². The van der Waals surface area contributed by atoms with Crippen LogP contribution in [0.3, 0.4) is 0 Å². The molecule has 0 aliphatic carbocycles. The van der Waals surface area contributed by atoms with Crippen molar-refractivity contribution in [2.24, 2.45) is 7.05 Å². The quantitative estimate of drug-likeness (QED) is 0.363. The maximum Gasteiger partial charge on any atom is 0.340 e. The van der Waals surface area contributed by atoms with E-state index in [-0.39, 0.29) is 17.8 Å². The fraction of sp³-hybridized carbons (Fsp3) is 0.364. The largest absolute Gasteiger partial charge is 0.483 e. The average molecular weight is 475 g/mol. The molecule has 1 N–H and O–H groups in total. The van der Waals surface area contributed by atoms with E-state index in [9.17, 15) is 9.59 Å². The molecule has 2 aromatic heterocycles. The summed E-state index contributed by atoms with van der Waals surface area (Å²) in [6, 6.07) is 9.67. The summed E-state index contributed by atoms with van der Waals surface area (Å²) in [5.41, 5.74) is 1.60. The highest BCUT2D eigenvalue weighted by atomic mass is 32.2. The van der Waals surface area contributed by atoms with Crippen LogP contribution in [0.15, 0.2) is 35.5 Å². The van der Waals surface area contributed by atoms with Crippen LogP contribution < -0.4 is 10.1 Å². The number of benzene rings is 1. The standard InChI is InChI=1S/C22H26N4O4S2/c1-6-15-7-9-16(10-8-15)30-14(3)19-24-25-22(26(19)4)31-12-18(27)23-20-17(21(28)29-5)11-13(2)32-20/h7-11,14H,6,12H2,1-5H3,(H,23,27). The maximum absolute atomic E-state index is 12.4. The Bertz CT molecular complexity index is 1090. The zero-order chi connectivity index (χ0) is 23.3. The predicted molar refractivity (Wildman–Crippen MR) is 126 cm³/mol. The molecule has 10 heteroatoms. The second kappa shape index (κ2) is 10.6. The van der Waals surface area contributed by atoms with Gasteiger partial charge in [0.05, 0.1) is 18.4 Å². The van der Waals surface area contributed by atoms with E-state index in [1.54, 1.807) is 6.07 Å². The van der Waals surface area contributed by atoms with Gasteiger partial charge in [0.2, 0.25) is 5.91 Å². The molecule has 1 aromatic carbocycles. The predicted octanol–water partition coefficient (Wildman–Crippen LogP) is 4.40. The van der Waals surface area contributed by atoms with Gasteiger partial charge in [0, 0.05) is 11.9 Å². The second-order valence-corrected chi connectivity index (χ2v) is 9.28. The van der Waals surface area contributed by atoms with E-state index in [2.05, 4.69) is 22.4 Å². The van der Waals surface area contributed by atoms with E-state index >= 15 is 0 Å². The molecule has 0 aliphatic heterocycles. The molecule has 0 fully saturated rings. The third-order valence-electron chi connectivity index (χ3n) is 4.72. The molecule has 1 unspecified atom stereocenters. The minimum atomic E-state index is -0.478. The number of rotatable bonds is 9. The molecule has 0 aliphatic rings. The highest BCUT2D eigenvalue weighted by Gasteiger charge is 2.20. The van der Waals surface area contributed by atoms with E-state index in [1.165, 1.54) is 35.8 Å². The summed E-state index contributed by atoms with van der Waals surface area (Å²) in [6.07, 6.45) is 0.670. The topological polar surface area (TPSA) is 95.3 Å². The van der Waals surface area contributed by atoms with Crippen LogP contribution in [0.2, 0.25) is 0 Å². The Labute approximate surface area is 195 Å². The Hall–Kier alpha value is -2.85. The Morgan fingerprint density at radius 1 is 1.25 bits per heavy atom. The fourth-order valence-corrected chi connectivity index (χ4v) is 4.66. The second-order valence-electron chi connectivity index (χ2n) is 7.09. The summed E-state index contributed by atoms with van der Waals surface area (Å²) in [7, 11) is 3.15. The van der Waals surface area contributed by atoms with Gasteiger partial charge < -0.3 is 19.4 Å². The molecule has 0 saturated carbocycles. The average Bonchev–Trinajstić information content (AvgIpc) is 3.34. The molecule has 32 heavy (non-hydrogen) atoms. The molecular weight excluding hydrogens is 448 g/mol. The summed E-state index contributed by atoms with van der Waals surface area (Å²) >= 11 is 2.59. The van der Waals surface area contributed by atoms with E-state index in [0.717, 1.165) is 17.0 Å². The van der Waals surface area contributed by atoms with Crippen molar-refractivity contribution in [3.05, 3.63) is 52.2 Å². The molecule has 3 aromatic rings.